The predicted molar refractivity (Wildman–Crippen MR) is 89.4 cm³/mol. The summed E-state index contributed by atoms with van der Waals surface area (Å²) in [4.78, 5) is 29.8. The quantitative estimate of drug-likeness (QED) is 0.824. The first-order valence-corrected chi connectivity index (χ1v) is 8.65. The van der Waals surface area contributed by atoms with Crippen molar-refractivity contribution < 1.29 is 13.9 Å². The van der Waals surface area contributed by atoms with Crippen molar-refractivity contribution in [3.8, 4) is 0 Å². The molecule has 4 heterocycles. The smallest absolute Gasteiger partial charge is 0.276 e. The number of oxazole rings is 1. The average Bonchev–Trinajstić information content (AvgIpc) is 3.16. The van der Waals surface area contributed by atoms with Gasteiger partial charge in [0.15, 0.2) is 12.1 Å². The lowest BCUT2D eigenvalue weighted by Crippen LogP contribution is -2.40. The molecule has 0 N–H and O–H groups in total. The number of hydrogen-bond acceptors (Lipinski definition) is 7. The van der Waals surface area contributed by atoms with Crippen molar-refractivity contribution in [2.45, 2.75) is 26.3 Å². The van der Waals surface area contributed by atoms with E-state index in [1.54, 1.807) is 11.2 Å². The van der Waals surface area contributed by atoms with Crippen LogP contribution in [0.2, 0.25) is 0 Å². The largest absolute Gasteiger partial charge is 0.448 e. The van der Waals surface area contributed by atoms with Crippen LogP contribution in [-0.4, -0.2) is 58.6 Å². The van der Waals surface area contributed by atoms with E-state index in [1.807, 2.05) is 6.92 Å². The van der Waals surface area contributed by atoms with Crippen molar-refractivity contribution in [3.05, 3.63) is 35.4 Å². The van der Waals surface area contributed by atoms with E-state index in [1.165, 1.54) is 6.39 Å². The number of carbonyl (C=O) groups is 1. The number of rotatable bonds is 3. The molecule has 8 heteroatoms. The topological polar surface area (TPSA) is 84.6 Å². The molecule has 0 aromatic carbocycles. The fraction of sp³-hybridized carbons (Fsp3) is 0.529. The standard InChI is InChI=1S/C17H21N5O3/c1-2-14-15(20-11-25-14)17(23)22-4-3-12-13(9-22)18-10-19-16(12)21-5-7-24-8-6-21/h10-11H,2-9H2,1H3. The first kappa shape index (κ1) is 16.0. The van der Waals surface area contributed by atoms with Crippen LogP contribution in [0.1, 0.15) is 34.4 Å². The van der Waals surface area contributed by atoms with Crippen molar-refractivity contribution in [1.82, 2.24) is 19.9 Å². The summed E-state index contributed by atoms with van der Waals surface area (Å²) >= 11 is 0. The second kappa shape index (κ2) is 6.79. The molecule has 0 bridgehead atoms. The number of anilines is 1. The highest BCUT2D eigenvalue weighted by Gasteiger charge is 2.29. The zero-order chi connectivity index (χ0) is 17.2. The number of hydrogen-bond donors (Lipinski definition) is 0. The van der Waals surface area contributed by atoms with Crippen LogP contribution in [-0.2, 0) is 24.1 Å². The molecule has 0 atom stereocenters. The summed E-state index contributed by atoms with van der Waals surface area (Å²) in [6, 6.07) is 0. The number of fused-ring (bicyclic) bond motifs is 1. The maximum Gasteiger partial charge on any atom is 0.276 e. The molecule has 0 spiro atoms. The Hall–Kier alpha value is -2.48. The molecule has 4 rings (SSSR count). The first-order chi connectivity index (χ1) is 12.3. The molecule has 0 unspecified atom stereocenters. The number of ether oxygens (including phenoxy) is 1. The molecule has 2 aromatic heterocycles. The molecule has 2 aromatic rings. The van der Waals surface area contributed by atoms with Gasteiger partial charge in [-0.05, 0) is 6.42 Å². The van der Waals surface area contributed by atoms with E-state index in [-0.39, 0.29) is 5.91 Å². The molecule has 1 fully saturated rings. The van der Waals surface area contributed by atoms with Gasteiger partial charge in [-0.1, -0.05) is 6.92 Å². The van der Waals surface area contributed by atoms with E-state index in [2.05, 4.69) is 19.9 Å². The van der Waals surface area contributed by atoms with Gasteiger partial charge >= 0.3 is 0 Å². The van der Waals surface area contributed by atoms with Crippen molar-refractivity contribution in [3.63, 3.8) is 0 Å². The third-order valence-electron chi connectivity index (χ3n) is 4.75. The van der Waals surface area contributed by atoms with Gasteiger partial charge in [0.1, 0.15) is 17.9 Å². The van der Waals surface area contributed by atoms with Crippen LogP contribution in [0.15, 0.2) is 17.1 Å². The highest BCUT2D eigenvalue weighted by atomic mass is 16.5. The van der Waals surface area contributed by atoms with Crippen LogP contribution in [0.25, 0.3) is 0 Å². The number of morpholine rings is 1. The Bertz CT molecular complexity index is 769. The van der Waals surface area contributed by atoms with Crippen LogP contribution >= 0.6 is 0 Å². The molecule has 2 aliphatic heterocycles. The second-order valence-electron chi connectivity index (χ2n) is 6.18. The molecule has 1 amide bonds. The summed E-state index contributed by atoms with van der Waals surface area (Å²) in [5, 5.41) is 0. The first-order valence-electron chi connectivity index (χ1n) is 8.65. The lowest BCUT2D eigenvalue weighted by molar-refractivity contribution is 0.0724. The van der Waals surface area contributed by atoms with Gasteiger partial charge in [-0.3, -0.25) is 4.79 Å². The Balaban J connectivity index is 1.56. The van der Waals surface area contributed by atoms with Gasteiger partial charge in [0.05, 0.1) is 25.5 Å². The molecular formula is C17H21N5O3. The Kier molecular flexibility index (Phi) is 4.35. The van der Waals surface area contributed by atoms with Crippen LogP contribution in [0.3, 0.4) is 0 Å². The van der Waals surface area contributed by atoms with E-state index < -0.39 is 0 Å². The summed E-state index contributed by atoms with van der Waals surface area (Å²) in [5.41, 5.74) is 2.47. The Labute approximate surface area is 145 Å². The minimum absolute atomic E-state index is 0.0946. The fourth-order valence-electron chi connectivity index (χ4n) is 3.40. The van der Waals surface area contributed by atoms with E-state index in [9.17, 15) is 4.79 Å². The molecular weight excluding hydrogens is 322 g/mol. The number of nitrogens with zero attached hydrogens (tertiary/aromatic N) is 5. The summed E-state index contributed by atoms with van der Waals surface area (Å²) < 4.78 is 10.7. The monoisotopic (exact) mass is 343 g/mol. The van der Waals surface area contributed by atoms with Gasteiger partial charge in [-0.15, -0.1) is 0 Å². The van der Waals surface area contributed by atoms with Crippen molar-refractivity contribution in [2.24, 2.45) is 0 Å². The third-order valence-corrected chi connectivity index (χ3v) is 4.75. The lowest BCUT2D eigenvalue weighted by atomic mass is 10.0. The van der Waals surface area contributed by atoms with Crippen LogP contribution in [0, 0.1) is 0 Å². The zero-order valence-corrected chi connectivity index (χ0v) is 14.3. The highest BCUT2D eigenvalue weighted by molar-refractivity contribution is 5.93. The summed E-state index contributed by atoms with van der Waals surface area (Å²) in [5.74, 6) is 1.52. The highest BCUT2D eigenvalue weighted by Crippen LogP contribution is 2.27. The van der Waals surface area contributed by atoms with Crippen LogP contribution in [0.5, 0.6) is 0 Å². The fourth-order valence-corrected chi connectivity index (χ4v) is 3.40. The van der Waals surface area contributed by atoms with Crippen molar-refractivity contribution in [2.75, 3.05) is 37.7 Å². The number of amides is 1. The van der Waals surface area contributed by atoms with Crippen molar-refractivity contribution in [1.29, 1.82) is 0 Å². The van der Waals surface area contributed by atoms with E-state index >= 15 is 0 Å². The molecule has 132 valence electrons. The Morgan fingerprint density at radius 2 is 2.04 bits per heavy atom. The number of aromatic nitrogens is 3. The number of carbonyl (C=O) groups excluding carboxylic acids is 1. The van der Waals surface area contributed by atoms with E-state index in [0.717, 1.165) is 49.8 Å². The predicted octanol–water partition coefficient (Wildman–Crippen LogP) is 1.06. The van der Waals surface area contributed by atoms with E-state index in [0.29, 0.717) is 31.0 Å². The van der Waals surface area contributed by atoms with Gasteiger partial charge in [-0.2, -0.15) is 0 Å². The molecule has 1 saturated heterocycles. The zero-order valence-electron chi connectivity index (χ0n) is 14.3. The summed E-state index contributed by atoms with van der Waals surface area (Å²) in [7, 11) is 0. The second-order valence-corrected chi connectivity index (χ2v) is 6.18. The maximum absolute atomic E-state index is 12.8. The summed E-state index contributed by atoms with van der Waals surface area (Å²) in [6.45, 7) is 6.17. The maximum atomic E-state index is 12.8. The molecule has 0 radical (unpaired) electrons. The van der Waals surface area contributed by atoms with Crippen LogP contribution < -0.4 is 4.90 Å². The Morgan fingerprint density at radius 1 is 1.20 bits per heavy atom. The van der Waals surface area contributed by atoms with Gasteiger partial charge in [0.2, 0.25) is 0 Å². The SMILES string of the molecule is CCc1ocnc1C(=O)N1CCc2c(ncnc2N2CCOCC2)C1. The summed E-state index contributed by atoms with van der Waals surface area (Å²) in [6.07, 6.45) is 4.32. The van der Waals surface area contributed by atoms with Crippen molar-refractivity contribution >= 4 is 11.7 Å². The molecule has 0 aliphatic carbocycles. The third kappa shape index (κ3) is 2.97. The molecule has 2 aliphatic rings. The Morgan fingerprint density at radius 3 is 2.84 bits per heavy atom. The van der Waals surface area contributed by atoms with E-state index in [4.69, 9.17) is 9.15 Å². The minimum atomic E-state index is -0.0946. The van der Waals surface area contributed by atoms with Gasteiger partial charge < -0.3 is 19.0 Å². The minimum Gasteiger partial charge on any atom is -0.448 e. The lowest BCUT2D eigenvalue weighted by Gasteiger charge is -2.33. The van der Waals surface area contributed by atoms with Gasteiger partial charge in [0.25, 0.3) is 5.91 Å². The number of aryl methyl sites for hydroxylation is 1. The average molecular weight is 343 g/mol. The van der Waals surface area contributed by atoms with Crippen LogP contribution in [0.4, 0.5) is 5.82 Å². The van der Waals surface area contributed by atoms with Gasteiger partial charge in [-0.25, -0.2) is 15.0 Å². The van der Waals surface area contributed by atoms with Gasteiger partial charge in [0, 0.05) is 31.6 Å². The molecule has 8 nitrogen and oxygen atoms in total. The normalized spacial score (nSPS) is 17.5. The molecule has 0 saturated carbocycles. The molecule has 25 heavy (non-hydrogen) atoms.